The van der Waals surface area contributed by atoms with E-state index >= 15 is 0 Å². The molecule has 8 heteroatoms. The molecular formula is C18H31N3O5. The number of carbonyl (C=O) groups excluding carboxylic acids is 1. The summed E-state index contributed by atoms with van der Waals surface area (Å²) >= 11 is 0. The van der Waals surface area contributed by atoms with Crippen LogP contribution in [-0.4, -0.2) is 102 Å². The molecule has 0 bridgehead atoms. The van der Waals surface area contributed by atoms with Gasteiger partial charge in [0.05, 0.1) is 18.8 Å². The molecule has 2 aliphatic heterocycles. The van der Waals surface area contributed by atoms with Crippen molar-refractivity contribution < 1.29 is 24.5 Å². The van der Waals surface area contributed by atoms with Gasteiger partial charge in [-0.25, -0.2) is 4.79 Å². The minimum Gasteiger partial charge on any atom is -0.465 e. The lowest BCUT2D eigenvalue weighted by Crippen LogP contribution is -2.49. The van der Waals surface area contributed by atoms with Gasteiger partial charge in [0.2, 0.25) is 5.91 Å². The van der Waals surface area contributed by atoms with Crippen molar-refractivity contribution in [1.82, 2.24) is 14.7 Å². The number of nitrogens with zero attached hydrogens (tertiary/aromatic N) is 3. The third-order valence-electron chi connectivity index (χ3n) is 6.33. The normalized spacial score (nSPS) is 27.5. The number of hydrogen-bond donors (Lipinski definition) is 2. The SMILES string of the molecule is COCC(CCN1CCC2(CC2)[C@H](O)C1)N1CCN(C(=O)O)CCC1=O. The number of β-amino-alcohol motifs (C(OH)–C–C–N with tert-alkyl or cyclic N) is 1. The van der Waals surface area contributed by atoms with E-state index in [4.69, 9.17) is 9.84 Å². The van der Waals surface area contributed by atoms with Gasteiger partial charge in [0.25, 0.3) is 0 Å². The summed E-state index contributed by atoms with van der Waals surface area (Å²) in [6.07, 6.45) is 3.14. The number of aliphatic hydroxyl groups is 1. The van der Waals surface area contributed by atoms with E-state index in [-0.39, 0.29) is 36.4 Å². The van der Waals surface area contributed by atoms with Gasteiger partial charge in [-0.1, -0.05) is 0 Å². The predicted octanol–water partition coefficient (Wildman–Crippen LogP) is 0.451. The van der Waals surface area contributed by atoms with Crippen LogP contribution in [0.2, 0.25) is 0 Å². The Morgan fingerprint density at radius 2 is 2.04 bits per heavy atom. The number of likely N-dealkylation sites (tertiary alicyclic amines) is 1. The molecule has 148 valence electrons. The van der Waals surface area contributed by atoms with E-state index in [9.17, 15) is 14.7 Å². The summed E-state index contributed by atoms with van der Waals surface area (Å²) in [7, 11) is 1.63. The van der Waals surface area contributed by atoms with Gasteiger partial charge in [-0.05, 0) is 37.6 Å². The van der Waals surface area contributed by atoms with E-state index in [0.717, 1.165) is 38.8 Å². The van der Waals surface area contributed by atoms with Crippen molar-refractivity contribution in [2.24, 2.45) is 5.41 Å². The Kier molecular flexibility index (Phi) is 6.04. The van der Waals surface area contributed by atoms with Crippen LogP contribution in [0.1, 0.15) is 32.1 Å². The molecule has 2 atom stereocenters. The number of amides is 2. The fourth-order valence-corrected chi connectivity index (χ4v) is 4.29. The molecule has 0 aromatic heterocycles. The summed E-state index contributed by atoms with van der Waals surface area (Å²) in [6.45, 7) is 3.96. The second-order valence-electron chi connectivity index (χ2n) is 7.93. The summed E-state index contributed by atoms with van der Waals surface area (Å²) < 4.78 is 5.33. The molecule has 1 aliphatic carbocycles. The fourth-order valence-electron chi connectivity index (χ4n) is 4.29. The van der Waals surface area contributed by atoms with Crippen LogP contribution in [0.5, 0.6) is 0 Å². The summed E-state index contributed by atoms with van der Waals surface area (Å²) in [5.41, 5.74) is 0.198. The zero-order chi connectivity index (χ0) is 18.7. The molecule has 26 heavy (non-hydrogen) atoms. The Balaban J connectivity index is 1.54. The second kappa shape index (κ2) is 8.10. The van der Waals surface area contributed by atoms with Crippen LogP contribution in [0.15, 0.2) is 0 Å². The maximum absolute atomic E-state index is 12.5. The first-order valence-electron chi connectivity index (χ1n) is 9.62. The third-order valence-corrected chi connectivity index (χ3v) is 6.33. The second-order valence-corrected chi connectivity index (χ2v) is 7.93. The van der Waals surface area contributed by atoms with Crippen LogP contribution < -0.4 is 0 Å². The van der Waals surface area contributed by atoms with Crippen molar-refractivity contribution in [2.75, 3.05) is 53.0 Å². The maximum Gasteiger partial charge on any atom is 0.407 e. The molecule has 0 aromatic rings. The van der Waals surface area contributed by atoms with Gasteiger partial charge in [0, 0.05) is 46.3 Å². The smallest absolute Gasteiger partial charge is 0.407 e. The van der Waals surface area contributed by atoms with E-state index in [1.807, 2.05) is 0 Å². The average molecular weight is 369 g/mol. The van der Waals surface area contributed by atoms with Crippen LogP contribution in [0.3, 0.4) is 0 Å². The van der Waals surface area contributed by atoms with Crippen LogP contribution >= 0.6 is 0 Å². The highest BCUT2D eigenvalue weighted by atomic mass is 16.5. The number of piperidine rings is 1. The Labute approximate surface area is 154 Å². The number of carboxylic acid groups (broad SMARTS) is 1. The average Bonchev–Trinajstić information content (AvgIpc) is 3.40. The molecule has 2 N–H and O–H groups in total. The topological polar surface area (TPSA) is 93.6 Å². The molecule has 1 spiro atoms. The fraction of sp³-hybridized carbons (Fsp3) is 0.889. The molecule has 0 radical (unpaired) electrons. The van der Waals surface area contributed by atoms with Crippen molar-refractivity contribution >= 4 is 12.0 Å². The monoisotopic (exact) mass is 369 g/mol. The molecule has 2 saturated heterocycles. The predicted molar refractivity (Wildman–Crippen MR) is 94.9 cm³/mol. The lowest BCUT2D eigenvalue weighted by Gasteiger charge is -2.38. The zero-order valence-electron chi connectivity index (χ0n) is 15.6. The third kappa shape index (κ3) is 4.29. The quantitative estimate of drug-likeness (QED) is 0.706. The van der Waals surface area contributed by atoms with E-state index in [2.05, 4.69) is 4.90 Å². The van der Waals surface area contributed by atoms with Crippen molar-refractivity contribution in [3.63, 3.8) is 0 Å². The number of carbonyl (C=O) groups is 2. The van der Waals surface area contributed by atoms with Crippen LogP contribution in [0, 0.1) is 5.41 Å². The number of rotatable bonds is 6. The van der Waals surface area contributed by atoms with Crippen LogP contribution in [-0.2, 0) is 9.53 Å². The highest BCUT2D eigenvalue weighted by Gasteiger charge is 2.51. The summed E-state index contributed by atoms with van der Waals surface area (Å²) in [4.78, 5) is 29.0. The number of ether oxygens (including phenoxy) is 1. The first-order chi connectivity index (χ1) is 12.4. The summed E-state index contributed by atoms with van der Waals surface area (Å²) in [5.74, 6) is -0.00795. The molecule has 2 amide bonds. The minimum absolute atomic E-state index is 0.00795. The molecule has 2 heterocycles. The summed E-state index contributed by atoms with van der Waals surface area (Å²) in [6, 6.07) is -0.0600. The minimum atomic E-state index is -0.973. The number of hydrogen-bond acceptors (Lipinski definition) is 5. The van der Waals surface area contributed by atoms with Crippen molar-refractivity contribution in [1.29, 1.82) is 0 Å². The van der Waals surface area contributed by atoms with Gasteiger partial charge < -0.3 is 29.6 Å². The van der Waals surface area contributed by atoms with E-state index < -0.39 is 6.09 Å². The molecule has 1 unspecified atom stereocenters. The lowest BCUT2D eigenvalue weighted by molar-refractivity contribution is -0.134. The lowest BCUT2D eigenvalue weighted by atomic mass is 9.90. The Hall–Kier alpha value is -1.38. The maximum atomic E-state index is 12.5. The Morgan fingerprint density at radius 3 is 2.65 bits per heavy atom. The molecule has 3 fully saturated rings. The molecular weight excluding hydrogens is 338 g/mol. The molecule has 3 rings (SSSR count). The van der Waals surface area contributed by atoms with Gasteiger partial charge in [0.1, 0.15) is 0 Å². The van der Waals surface area contributed by atoms with Crippen molar-refractivity contribution in [2.45, 2.75) is 44.2 Å². The molecule has 8 nitrogen and oxygen atoms in total. The van der Waals surface area contributed by atoms with E-state index in [1.165, 1.54) is 4.90 Å². The van der Waals surface area contributed by atoms with Gasteiger partial charge in [-0.2, -0.15) is 0 Å². The van der Waals surface area contributed by atoms with E-state index in [1.54, 1.807) is 12.0 Å². The van der Waals surface area contributed by atoms with Gasteiger partial charge in [-0.3, -0.25) is 4.79 Å². The Bertz CT molecular complexity index is 525. The first kappa shape index (κ1) is 19.4. The highest BCUT2D eigenvalue weighted by Crippen LogP contribution is 2.53. The molecule has 3 aliphatic rings. The van der Waals surface area contributed by atoms with Crippen LogP contribution in [0.4, 0.5) is 4.79 Å². The molecule has 1 saturated carbocycles. The van der Waals surface area contributed by atoms with Gasteiger partial charge >= 0.3 is 6.09 Å². The summed E-state index contributed by atoms with van der Waals surface area (Å²) in [5, 5.41) is 19.5. The van der Waals surface area contributed by atoms with Crippen LogP contribution in [0.25, 0.3) is 0 Å². The zero-order valence-corrected chi connectivity index (χ0v) is 15.6. The van der Waals surface area contributed by atoms with E-state index in [0.29, 0.717) is 26.2 Å². The standard InChI is InChI=1S/C18H31N3O5/c1-26-13-14(21-11-10-20(17(24)25)8-3-16(21)23)2-7-19-9-6-18(4-5-18)15(22)12-19/h14-15,22H,2-13H2,1H3,(H,24,25)/t14?,15-/m1/s1. The number of methoxy groups -OCH3 is 1. The van der Waals surface area contributed by atoms with Crippen molar-refractivity contribution in [3.05, 3.63) is 0 Å². The number of aliphatic hydroxyl groups excluding tert-OH is 1. The molecule has 0 aromatic carbocycles. The van der Waals surface area contributed by atoms with Crippen molar-refractivity contribution in [3.8, 4) is 0 Å². The van der Waals surface area contributed by atoms with Gasteiger partial charge in [0.15, 0.2) is 0 Å². The van der Waals surface area contributed by atoms with Gasteiger partial charge in [-0.15, -0.1) is 0 Å². The first-order valence-corrected chi connectivity index (χ1v) is 9.62. The largest absolute Gasteiger partial charge is 0.465 e. The Morgan fingerprint density at radius 1 is 1.27 bits per heavy atom. The highest BCUT2D eigenvalue weighted by molar-refractivity contribution is 5.78.